The van der Waals surface area contributed by atoms with Gasteiger partial charge >= 0.3 is 6.03 Å². The monoisotopic (exact) mass is 265 g/mol. The van der Waals surface area contributed by atoms with Crippen LogP contribution < -0.4 is 5.32 Å². The number of nitrogens with zero attached hydrogens (tertiary/aromatic N) is 2. The number of amides is 2. The Bertz CT molecular complexity index is 330. The number of carbonyl (C=O) groups excluding carboxylic acids is 1. The summed E-state index contributed by atoms with van der Waals surface area (Å²) in [4.78, 5) is 16.1. The minimum atomic E-state index is -0.0295. The lowest BCUT2D eigenvalue weighted by Gasteiger charge is -2.27. The molecule has 2 rings (SSSR count). The molecule has 5 heteroatoms. The van der Waals surface area contributed by atoms with E-state index in [1.807, 2.05) is 0 Å². The Morgan fingerprint density at radius 1 is 1.42 bits per heavy atom. The Labute approximate surface area is 115 Å². The average Bonchev–Trinajstić information content (AvgIpc) is 3.23. The summed E-state index contributed by atoms with van der Waals surface area (Å²) < 4.78 is 5.29. The number of carbonyl (C=O) groups is 1. The predicted molar refractivity (Wildman–Crippen MR) is 73.8 cm³/mol. The van der Waals surface area contributed by atoms with Crippen molar-refractivity contribution in [1.82, 2.24) is 15.1 Å². The third-order valence-electron chi connectivity index (χ3n) is 3.55. The SMILES string of the molecule is C#CCN(CC1CC1)C(=O)NCCN1CCOCC1. The maximum absolute atomic E-state index is 12.0. The van der Waals surface area contributed by atoms with Gasteiger partial charge in [-0.2, -0.15) is 0 Å². The smallest absolute Gasteiger partial charge is 0.318 e. The third-order valence-corrected chi connectivity index (χ3v) is 3.55. The molecule has 2 aliphatic rings. The molecule has 1 saturated heterocycles. The zero-order chi connectivity index (χ0) is 13.5. The second-order valence-electron chi connectivity index (χ2n) is 5.21. The van der Waals surface area contributed by atoms with E-state index in [4.69, 9.17) is 11.2 Å². The first-order chi connectivity index (χ1) is 9.29. The Kier molecular flexibility index (Phi) is 5.49. The van der Waals surface area contributed by atoms with Crippen molar-refractivity contribution in [2.45, 2.75) is 12.8 Å². The van der Waals surface area contributed by atoms with Crippen LogP contribution in [-0.4, -0.2) is 68.3 Å². The van der Waals surface area contributed by atoms with Crippen molar-refractivity contribution in [3.63, 3.8) is 0 Å². The van der Waals surface area contributed by atoms with Crippen molar-refractivity contribution in [3.8, 4) is 12.3 Å². The first kappa shape index (κ1) is 14.2. The zero-order valence-electron chi connectivity index (χ0n) is 11.4. The van der Waals surface area contributed by atoms with Gasteiger partial charge in [-0.05, 0) is 18.8 Å². The molecule has 0 aromatic carbocycles. The number of nitrogens with one attached hydrogen (secondary N) is 1. The van der Waals surface area contributed by atoms with Gasteiger partial charge in [0.15, 0.2) is 0 Å². The Morgan fingerprint density at radius 2 is 2.16 bits per heavy atom. The van der Waals surface area contributed by atoms with Crippen molar-refractivity contribution in [2.75, 3.05) is 52.5 Å². The van der Waals surface area contributed by atoms with Crippen molar-refractivity contribution in [1.29, 1.82) is 0 Å². The molecule has 1 saturated carbocycles. The highest BCUT2D eigenvalue weighted by atomic mass is 16.5. The molecule has 19 heavy (non-hydrogen) atoms. The molecule has 0 atom stereocenters. The minimum absolute atomic E-state index is 0.0295. The highest BCUT2D eigenvalue weighted by Crippen LogP contribution is 2.29. The average molecular weight is 265 g/mol. The van der Waals surface area contributed by atoms with E-state index in [1.165, 1.54) is 12.8 Å². The summed E-state index contributed by atoms with van der Waals surface area (Å²) in [5.74, 6) is 3.22. The number of hydrogen-bond donors (Lipinski definition) is 1. The molecule has 0 unspecified atom stereocenters. The van der Waals surface area contributed by atoms with Crippen molar-refractivity contribution >= 4 is 6.03 Å². The van der Waals surface area contributed by atoms with Crippen LogP contribution in [0.15, 0.2) is 0 Å². The minimum Gasteiger partial charge on any atom is -0.379 e. The first-order valence-electron chi connectivity index (χ1n) is 7.06. The summed E-state index contributed by atoms with van der Waals surface area (Å²) in [5.41, 5.74) is 0. The lowest BCUT2D eigenvalue weighted by molar-refractivity contribution is 0.0386. The molecular weight excluding hydrogens is 242 g/mol. The second-order valence-corrected chi connectivity index (χ2v) is 5.21. The van der Waals surface area contributed by atoms with Crippen molar-refractivity contribution in [3.05, 3.63) is 0 Å². The van der Waals surface area contributed by atoms with E-state index in [2.05, 4.69) is 16.1 Å². The Hall–Kier alpha value is -1.25. The van der Waals surface area contributed by atoms with Gasteiger partial charge in [0.25, 0.3) is 0 Å². The molecule has 0 spiro atoms. The van der Waals surface area contributed by atoms with Crippen LogP contribution in [0.5, 0.6) is 0 Å². The summed E-state index contributed by atoms with van der Waals surface area (Å²) in [6, 6.07) is -0.0295. The van der Waals surface area contributed by atoms with Gasteiger partial charge in [0.1, 0.15) is 0 Å². The van der Waals surface area contributed by atoms with Crippen molar-refractivity contribution in [2.24, 2.45) is 5.92 Å². The number of hydrogen-bond acceptors (Lipinski definition) is 3. The van der Waals surface area contributed by atoms with Crippen LogP contribution in [0.2, 0.25) is 0 Å². The second kappa shape index (κ2) is 7.37. The fourth-order valence-corrected chi connectivity index (χ4v) is 2.20. The number of morpholine rings is 1. The first-order valence-corrected chi connectivity index (χ1v) is 7.06. The van der Waals surface area contributed by atoms with Crippen LogP contribution >= 0.6 is 0 Å². The summed E-state index contributed by atoms with van der Waals surface area (Å²) in [6.07, 6.45) is 7.76. The predicted octanol–water partition coefficient (Wildman–Crippen LogP) is 0.373. The molecular formula is C14H23N3O2. The van der Waals surface area contributed by atoms with Crippen molar-refractivity contribution < 1.29 is 9.53 Å². The number of urea groups is 1. The molecule has 2 amide bonds. The summed E-state index contributed by atoms with van der Waals surface area (Å²) in [5, 5.41) is 2.96. The molecule has 1 aliphatic heterocycles. The summed E-state index contributed by atoms with van der Waals surface area (Å²) >= 11 is 0. The van der Waals surface area contributed by atoms with Gasteiger partial charge in [0.2, 0.25) is 0 Å². The van der Waals surface area contributed by atoms with Gasteiger partial charge in [-0.3, -0.25) is 4.90 Å². The van der Waals surface area contributed by atoms with E-state index in [1.54, 1.807) is 4.90 Å². The molecule has 1 N–H and O–H groups in total. The lowest BCUT2D eigenvalue weighted by atomic mass is 10.3. The lowest BCUT2D eigenvalue weighted by Crippen LogP contribution is -2.45. The molecule has 106 valence electrons. The van der Waals surface area contributed by atoms with Crippen LogP contribution in [0.3, 0.4) is 0 Å². The summed E-state index contributed by atoms with van der Waals surface area (Å²) in [7, 11) is 0. The fourth-order valence-electron chi connectivity index (χ4n) is 2.20. The van der Waals surface area contributed by atoms with Crippen LogP contribution in [0, 0.1) is 18.3 Å². The number of terminal acetylenes is 1. The van der Waals surface area contributed by atoms with Crippen LogP contribution in [-0.2, 0) is 4.74 Å². The van der Waals surface area contributed by atoms with E-state index in [0.717, 1.165) is 39.4 Å². The number of ether oxygens (including phenoxy) is 1. The van der Waals surface area contributed by atoms with E-state index >= 15 is 0 Å². The van der Waals surface area contributed by atoms with Gasteiger partial charge in [-0.1, -0.05) is 5.92 Å². The largest absolute Gasteiger partial charge is 0.379 e. The van der Waals surface area contributed by atoms with E-state index in [-0.39, 0.29) is 6.03 Å². The fraction of sp³-hybridized carbons (Fsp3) is 0.786. The maximum atomic E-state index is 12.0. The molecule has 0 bridgehead atoms. The Morgan fingerprint density at radius 3 is 2.79 bits per heavy atom. The highest BCUT2D eigenvalue weighted by molar-refractivity contribution is 5.74. The standard InChI is InChI=1S/C14H23N3O2/c1-2-6-17(12-13-3-4-13)14(18)15-5-7-16-8-10-19-11-9-16/h1,13H,3-12H2,(H,15,18). The molecule has 0 aromatic rings. The van der Waals surface area contributed by atoms with Gasteiger partial charge in [-0.25, -0.2) is 4.79 Å². The van der Waals surface area contributed by atoms with Gasteiger partial charge in [0, 0.05) is 32.7 Å². The zero-order valence-corrected chi connectivity index (χ0v) is 11.4. The molecule has 1 heterocycles. The van der Waals surface area contributed by atoms with Gasteiger partial charge in [-0.15, -0.1) is 6.42 Å². The topological polar surface area (TPSA) is 44.8 Å². The van der Waals surface area contributed by atoms with Crippen LogP contribution in [0.1, 0.15) is 12.8 Å². The normalized spacial score (nSPS) is 19.7. The maximum Gasteiger partial charge on any atom is 0.318 e. The molecule has 2 fully saturated rings. The third kappa shape index (κ3) is 5.09. The van der Waals surface area contributed by atoms with Crippen LogP contribution in [0.4, 0.5) is 4.79 Å². The van der Waals surface area contributed by atoms with E-state index < -0.39 is 0 Å². The quantitative estimate of drug-likeness (QED) is 0.706. The molecule has 0 aromatic heterocycles. The molecule has 0 radical (unpaired) electrons. The van der Waals surface area contributed by atoms with Gasteiger partial charge < -0.3 is 15.0 Å². The molecule has 1 aliphatic carbocycles. The van der Waals surface area contributed by atoms with E-state index in [9.17, 15) is 4.79 Å². The van der Waals surface area contributed by atoms with Crippen LogP contribution in [0.25, 0.3) is 0 Å². The highest BCUT2D eigenvalue weighted by Gasteiger charge is 2.26. The Balaban J connectivity index is 1.64. The van der Waals surface area contributed by atoms with E-state index in [0.29, 0.717) is 19.0 Å². The summed E-state index contributed by atoms with van der Waals surface area (Å²) in [6.45, 7) is 6.23. The number of rotatable bonds is 6. The molecule has 5 nitrogen and oxygen atoms in total. The van der Waals surface area contributed by atoms with Gasteiger partial charge in [0.05, 0.1) is 19.8 Å².